The SMILES string of the molecule is CC(C)N(C)C1CCN(S(=O)(=O)c2csc(C(N)=O)c2)CC1. The van der Waals surface area contributed by atoms with Crippen LogP contribution in [0.5, 0.6) is 0 Å². The summed E-state index contributed by atoms with van der Waals surface area (Å²) in [6, 6.07) is 2.23. The summed E-state index contributed by atoms with van der Waals surface area (Å²) >= 11 is 1.07. The first kappa shape index (κ1) is 17.4. The molecule has 0 bridgehead atoms. The van der Waals surface area contributed by atoms with Gasteiger partial charge in [0.1, 0.15) is 0 Å². The summed E-state index contributed by atoms with van der Waals surface area (Å²) < 4.78 is 26.7. The van der Waals surface area contributed by atoms with Crippen molar-refractivity contribution >= 4 is 27.3 Å². The summed E-state index contributed by atoms with van der Waals surface area (Å²) in [5.74, 6) is -0.594. The lowest BCUT2D eigenvalue weighted by atomic mass is 10.0. The second-order valence-electron chi connectivity index (χ2n) is 5.91. The molecule has 0 unspecified atom stereocenters. The number of piperidine rings is 1. The number of sulfonamides is 1. The molecule has 1 aromatic rings. The minimum Gasteiger partial charge on any atom is -0.365 e. The van der Waals surface area contributed by atoms with E-state index in [2.05, 4.69) is 25.8 Å². The second kappa shape index (κ2) is 6.66. The zero-order valence-electron chi connectivity index (χ0n) is 13.2. The van der Waals surface area contributed by atoms with E-state index in [0.717, 1.165) is 24.2 Å². The van der Waals surface area contributed by atoms with Gasteiger partial charge in [0.05, 0.1) is 9.77 Å². The molecule has 0 radical (unpaired) electrons. The maximum atomic E-state index is 12.6. The van der Waals surface area contributed by atoms with Crippen molar-refractivity contribution in [2.45, 2.75) is 43.7 Å². The third kappa shape index (κ3) is 3.51. The van der Waals surface area contributed by atoms with Crippen molar-refractivity contribution in [3.05, 3.63) is 16.3 Å². The smallest absolute Gasteiger partial charge is 0.258 e. The summed E-state index contributed by atoms with van der Waals surface area (Å²) in [6.45, 7) is 5.29. The fourth-order valence-electron chi connectivity index (χ4n) is 2.64. The van der Waals surface area contributed by atoms with Crippen molar-refractivity contribution in [3.8, 4) is 0 Å². The van der Waals surface area contributed by atoms with Gasteiger partial charge < -0.3 is 10.6 Å². The predicted molar refractivity (Wildman–Crippen MR) is 87.5 cm³/mol. The van der Waals surface area contributed by atoms with Crippen LogP contribution in [0.4, 0.5) is 0 Å². The molecule has 0 saturated carbocycles. The highest BCUT2D eigenvalue weighted by Crippen LogP contribution is 2.26. The van der Waals surface area contributed by atoms with Gasteiger partial charge in [-0.05, 0) is 39.8 Å². The van der Waals surface area contributed by atoms with Gasteiger partial charge in [-0.1, -0.05) is 0 Å². The Bertz CT molecular complexity index is 632. The monoisotopic (exact) mass is 345 g/mol. The number of primary amides is 1. The summed E-state index contributed by atoms with van der Waals surface area (Å²) in [4.78, 5) is 13.8. The maximum Gasteiger partial charge on any atom is 0.258 e. The number of amides is 1. The van der Waals surface area contributed by atoms with Gasteiger partial charge in [0, 0.05) is 30.6 Å². The first-order chi connectivity index (χ1) is 10.2. The highest BCUT2D eigenvalue weighted by molar-refractivity contribution is 7.89. The molecule has 8 heteroatoms. The quantitative estimate of drug-likeness (QED) is 0.873. The summed E-state index contributed by atoms with van der Waals surface area (Å²) in [5.41, 5.74) is 5.19. The highest BCUT2D eigenvalue weighted by Gasteiger charge is 2.32. The number of carbonyl (C=O) groups excluding carboxylic acids is 1. The molecule has 0 aromatic carbocycles. The molecule has 22 heavy (non-hydrogen) atoms. The molecule has 1 saturated heterocycles. The van der Waals surface area contributed by atoms with E-state index >= 15 is 0 Å². The Morgan fingerprint density at radius 3 is 2.45 bits per heavy atom. The summed E-state index contributed by atoms with van der Waals surface area (Å²) in [5, 5.41) is 1.49. The number of thiophene rings is 1. The first-order valence-electron chi connectivity index (χ1n) is 7.34. The van der Waals surface area contributed by atoms with Crippen LogP contribution in [-0.4, -0.2) is 55.8 Å². The largest absolute Gasteiger partial charge is 0.365 e. The van der Waals surface area contributed by atoms with Gasteiger partial charge in [-0.15, -0.1) is 11.3 Å². The highest BCUT2D eigenvalue weighted by atomic mass is 32.2. The molecule has 2 rings (SSSR count). The lowest BCUT2D eigenvalue weighted by Gasteiger charge is -2.37. The van der Waals surface area contributed by atoms with Crippen molar-refractivity contribution in [2.24, 2.45) is 5.73 Å². The molecule has 0 atom stereocenters. The van der Waals surface area contributed by atoms with Crippen molar-refractivity contribution in [3.63, 3.8) is 0 Å². The van der Waals surface area contributed by atoms with Crippen LogP contribution in [0.15, 0.2) is 16.3 Å². The Morgan fingerprint density at radius 1 is 1.41 bits per heavy atom. The third-order valence-electron chi connectivity index (χ3n) is 4.27. The Balaban J connectivity index is 2.07. The average molecular weight is 345 g/mol. The molecular formula is C14H23N3O3S2. The molecule has 1 aromatic heterocycles. The first-order valence-corrected chi connectivity index (χ1v) is 9.66. The van der Waals surface area contributed by atoms with Crippen molar-refractivity contribution < 1.29 is 13.2 Å². The molecular weight excluding hydrogens is 322 g/mol. The van der Waals surface area contributed by atoms with E-state index in [1.54, 1.807) is 0 Å². The van der Waals surface area contributed by atoms with Crippen molar-refractivity contribution in [2.75, 3.05) is 20.1 Å². The number of rotatable bonds is 5. The molecule has 0 aliphatic carbocycles. The average Bonchev–Trinajstić information content (AvgIpc) is 2.97. The van der Waals surface area contributed by atoms with E-state index in [0.29, 0.717) is 25.2 Å². The van der Waals surface area contributed by atoms with E-state index in [1.165, 1.54) is 15.8 Å². The molecule has 1 aliphatic rings. The van der Waals surface area contributed by atoms with Gasteiger partial charge in [-0.25, -0.2) is 8.42 Å². The summed E-state index contributed by atoms with van der Waals surface area (Å²) in [7, 11) is -1.45. The Morgan fingerprint density at radius 2 is 2.00 bits per heavy atom. The van der Waals surface area contributed by atoms with Gasteiger partial charge >= 0.3 is 0 Å². The van der Waals surface area contributed by atoms with Gasteiger partial charge in [-0.2, -0.15) is 4.31 Å². The Kier molecular flexibility index (Phi) is 5.26. The fourth-order valence-corrected chi connectivity index (χ4v) is 5.23. The van der Waals surface area contributed by atoms with E-state index < -0.39 is 15.9 Å². The van der Waals surface area contributed by atoms with Crippen LogP contribution in [0.3, 0.4) is 0 Å². The van der Waals surface area contributed by atoms with Crippen LogP contribution in [0.2, 0.25) is 0 Å². The minimum atomic E-state index is -3.53. The van der Waals surface area contributed by atoms with Gasteiger partial charge in [0.25, 0.3) is 5.91 Å². The van der Waals surface area contributed by atoms with Gasteiger partial charge in [-0.3, -0.25) is 4.79 Å². The Hall–Kier alpha value is -0.960. The summed E-state index contributed by atoms with van der Waals surface area (Å²) in [6.07, 6.45) is 1.64. The van der Waals surface area contributed by atoms with Crippen LogP contribution >= 0.6 is 11.3 Å². The number of nitrogens with zero attached hydrogens (tertiary/aromatic N) is 2. The fraction of sp³-hybridized carbons (Fsp3) is 0.643. The van der Waals surface area contributed by atoms with Crippen molar-refractivity contribution in [1.29, 1.82) is 0 Å². The number of nitrogens with two attached hydrogens (primary N) is 1. The van der Waals surface area contributed by atoms with Crippen LogP contribution in [0.1, 0.15) is 36.4 Å². The van der Waals surface area contributed by atoms with E-state index in [1.807, 2.05) is 0 Å². The molecule has 1 aliphatic heterocycles. The van der Waals surface area contributed by atoms with E-state index in [9.17, 15) is 13.2 Å². The van der Waals surface area contributed by atoms with E-state index in [-0.39, 0.29) is 9.77 Å². The van der Waals surface area contributed by atoms with E-state index in [4.69, 9.17) is 5.73 Å². The van der Waals surface area contributed by atoms with Crippen LogP contribution in [0, 0.1) is 0 Å². The molecule has 6 nitrogen and oxygen atoms in total. The molecule has 2 heterocycles. The number of carbonyl (C=O) groups is 1. The molecule has 1 amide bonds. The minimum absolute atomic E-state index is 0.168. The van der Waals surface area contributed by atoms with Crippen LogP contribution in [-0.2, 0) is 10.0 Å². The van der Waals surface area contributed by atoms with Crippen LogP contribution < -0.4 is 5.73 Å². The molecule has 0 spiro atoms. The second-order valence-corrected chi connectivity index (χ2v) is 8.75. The van der Waals surface area contributed by atoms with Crippen molar-refractivity contribution in [1.82, 2.24) is 9.21 Å². The number of hydrogen-bond donors (Lipinski definition) is 1. The number of hydrogen-bond acceptors (Lipinski definition) is 5. The predicted octanol–water partition coefficient (Wildman–Crippen LogP) is 1.34. The maximum absolute atomic E-state index is 12.6. The van der Waals surface area contributed by atoms with Gasteiger partial charge in [0.15, 0.2) is 0 Å². The lowest BCUT2D eigenvalue weighted by molar-refractivity contribution is 0.100. The lowest BCUT2D eigenvalue weighted by Crippen LogP contribution is -2.47. The standard InChI is InChI=1S/C14H23N3O3S2/c1-10(2)16(3)11-4-6-17(7-5-11)22(19,20)12-8-13(14(15)18)21-9-12/h8-11H,4-7H2,1-3H3,(H2,15,18). The Labute approximate surface area is 135 Å². The molecule has 1 fully saturated rings. The zero-order chi connectivity index (χ0) is 16.5. The topological polar surface area (TPSA) is 83.7 Å². The molecule has 124 valence electrons. The zero-order valence-corrected chi connectivity index (χ0v) is 14.8. The van der Waals surface area contributed by atoms with Crippen LogP contribution in [0.25, 0.3) is 0 Å². The van der Waals surface area contributed by atoms with Gasteiger partial charge in [0.2, 0.25) is 10.0 Å². The molecule has 2 N–H and O–H groups in total. The third-order valence-corrected chi connectivity index (χ3v) is 7.24. The normalized spacial score (nSPS) is 18.2.